The molecule has 0 saturated heterocycles. The number of aryl methyl sites for hydroxylation is 1. The molecule has 0 fully saturated rings. The summed E-state index contributed by atoms with van der Waals surface area (Å²) < 4.78 is 6.59. The van der Waals surface area contributed by atoms with Crippen molar-refractivity contribution >= 4 is 11.9 Å². The zero-order chi connectivity index (χ0) is 17.2. The van der Waals surface area contributed by atoms with Crippen molar-refractivity contribution in [3.05, 3.63) is 53.9 Å². The highest BCUT2D eigenvalue weighted by Gasteiger charge is 2.04. The van der Waals surface area contributed by atoms with Crippen LogP contribution in [-0.2, 0) is 17.8 Å². The highest BCUT2D eigenvalue weighted by atomic mass is 16.5. The second-order valence-corrected chi connectivity index (χ2v) is 5.16. The number of carbonyl (C=O) groups excluding carboxylic acids is 1. The van der Waals surface area contributed by atoms with Gasteiger partial charge in [0.1, 0.15) is 0 Å². The number of rotatable bonds is 7. The molecule has 0 aliphatic carbocycles. The smallest absolute Gasteiger partial charge is 0.337 e. The Morgan fingerprint density at radius 2 is 2.08 bits per heavy atom. The lowest BCUT2D eigenvalue weighted by atomic mass is 10.1. The largest absolute Gasteiger partial charge is 0.465 e. The van der Waals surface area contributed by atoms with Crippen LogP contribution in [0.4, 0.5) is 0 Å². The number of nitrogens with zero attached hydrogens (tertiary/aromatic N) is 3. The summed E-state index contributed by atoms with van der Waals surface area (Å²) >= 11 is 0. The molecule has 0 aliphatic rings. The third kappa shape index (κ3) is 5.42. The van der Waals surface area contributed by atoms with Gasteiger partial charge in [0, 0.05) is 39.1 Å². The minimum Gasteiger partial charge on any atom is -0.465 e. The summed E-state index contributed by atoms with van der Waals surface area (Å²) in [4.78, 5) is 15.6. The van der Waals surface area contributed by atoms with E-state index in [4.69, 9.17) is 0 Å². The summed E-state index contributed by atoms with van der Waals surface area (Å²) in [7, 11) is 3.11. The summed E-state index contributed by atoms with van der Waals surface area (Å²) in [5.41, 5.74) is 1.60. The molecule has 128 valence electrons. The van der Waals surface area contributed by atoms with Gasteiger partial charge in [-0.2, -0.15) is 5.10 Å². The molecule has 0 amide bonds. The third-order valence-corrected chi connectivity index (χ3v) is 3.47. The van der Waals surface area contributed by atoms with Gasteiger partial charge in [-0.15, -0.1) is 0 Å². The Labute approximate surface area is 141 Å². The minimum atomic E-state index is -0.329. The molecule has 2 N–H and O–H groups in total. The number of aliphatic imine (C=N–C) groups is 1. The summed E-state index contributed by atoms with van der Waals surface area (Å²) in [6.45, 7) is 2.30. The van der Waals surface area contributed by atoms with Gasteiger partial charge in [0.05, 0.1) is 12.7 Å². The van der Waals surface area contributed by atoms with E-state index in [-0.39, 0.29) is 5.97 Å². The quantitative estimate of drug-likeness (QED) is 0.348. The van der Waals surface area contributed by atoms with Gasteiger partial charge in [-0.05, 0) is 30.2 Å². The monoisotopic (exact) mass is 329 g/mol. The van der Waals surface area contributed by atoms with Gasteiger partial charge in [0.2, 0.25) is 0 Å². The first-order valence-electron chi connectivity index (χ1n) is 7.82. The Hall–Kier alpha value is -2.83. The second kappa shape index (κ2) is 9.34. The Kier molecular flexibility index (Phi) is 6.82. The summed E-state index contributed by atoms with van der Waals surface area (Å²) in [6, 6.07) is 9.21. The fraction of sp³-hybridized carbons (Fsp3) is 0.353. The highest BCUT2D eigenvalue weighted by molar-refractivity contribution is 5.89. The van der Waals surface area contributed by atoms with Crippen molar-refractivity contribution in [3.8, 4) is 0 Å². The van der Waals surface area contributed by atoms with Crippen LogP contribution >= 0.6 is 0 Å². The van der Waals surface area contributed by atoms with Gasteiger partial charge >= 0.3 is 5.97 Å². The lowest BCUT2D eigenvalue weighted by Gasteiger charge is -2.12. The molecule has 2 rings (SSSR count). The summed E-state index contributed by atoms with van der Waals surface area (Å²) in [6.07, 6.45) is 4.68. The van der Waals surface area contributed by atoms with E-state index in [9.17, 15) is 4.79 Å². The van der Waals surface area contributed by atoms with E-state index < -0.39 is 0 Å². The van der Waals surface area contributed by atoms with Crippen molar-refractivity contribution < 1.29 is 9.53 Å². The predicted octanol–water partition coefficient (Wildman–Crippen LogP) is 1.42. The van der Waals surface area contributed by atoms with Crippen LogP contribution in [0.1, 0.15) is 22.3 Å². The summed E-state index contributed by atoms with van der Waals surface area (Å²) in [5, 5.41) is 10.7. The Morgan fingerprint density at radius 3 is 2.71 bits per heavy atom. The molecule has 0 unspecified atom stereocenters. The maximum Gasteiger partial charge on any atom is 0.337 e. The standard InChI is InChI=1S/C17H23N5O2/c1-18-17(19-9-3-11-22-12-4-10-21-22)20-13-14-5-7-15(8-6-14)16(23)24-2/h4-8,10,12H,3,9,11,13H2,1-2H3,(H2,18,19,20). The number of benzene rings is 1. The molecule has 0 radical (unpaired) electrons. The van der Waals surface area contributed by atoms with Gasteiger partial charge in [-0.25, -0.2) is 4.79 Å². The van der Waals surface area contributed by atoms with Crippen molar-refractivity contribution in [1.82, 2.24) is 20.4 Å². The topological polar surface area (TPSA) is 80.5 Å². The zero-order valence-corrected chi connectivity index (χ0v) is 14.0. The molecule has 1 heterocycles. The SMILES string of the molecule is CN=C(NCCCn1cccn1)NCc1ccc(C(=O)OC)cc1. The van der Waals surface area contributed by atoms with Crippen LogP contribution in [0.25, 0.3) is 0 Å². The fourth-order valence-corrected chi connectivity index (χ4v) is 2.16. The molecule has 24 heavy (non-hydrogen) atoms. The average molecular weight is 329 g/mol. The fourth-order valence-electron chi connectivity index (χ4n) is 2.16. The molecule has 0 spiro atoms. The molecule has 1 aromatic carbocycles. The van der Waals surface area contributed by atoms with Gasteiger partial charge in [0.15, 0.2) is 5.96 Å². The molecular formula is C17H23N5O2. The number of hydrogen-bond donors (Lipinski definition) is 2. The van der Waals surface area contributed by atoms with Crippen molar-refractivity contribution in [2.24, 2.45) is 4.99 Å². The van der Waals surface area contributed by atoms with Gasteiger partial charge in [-0.1, -0.05) is 12.1 Å². The van der Waals surface area contributed by atoms with Crippen molar-refractivity contribution in [3.63, 3.8) is 0 Å². The van der Waals surface area contributed by atoms with Crippen molar-refractivity contribution in [2.75, 3.05) is 20.7 Å². The van der Waals surface area contributed by atoms with E-state index >= 15 is 0 Å². The Balaban J connectivity index is 1.71. The molecular weight excluding hydrogens is 306 g/mol. The van der Waals surface area contributed by atoms with Crippen LogP contribution < -0.4 is 10.6 Å². The van der Waals surface area contributed by atoms with Crippen LogP contribution in [0.2, 0.25) is 0 Å². The Bertz CT molecular complexity index is 650. The maximum atomic E-state index is 11.4. The lowest BCUT2D eigenvalue weighted by Crippen LogP contribution is -2.37. The van der Waals surface area contributed by atoms with Crippen LogP contribution in [-0.4, -0.2) is 42.4 Å². The average Bonchev–Trinajstić information content (AvgIpc) is 3.14. The van der Waals surface area contributed by atoms with E-state index in [2.05, 4.69) is 25.5 Å². The van der Waals surface area contributed by atoms with Crippen LogP contribution in [0, 0.1) is 0 Å². The van der Waals surface area contributed by atoms with Crippen LogP contribution in [0.5, 0.6) is 0 Å². The zero-order valence-electron chi connectivity index (χ0n) is 14.0. The molecule has 0 saturated carbocycles. The van der Waals surface area contributed by atoms with Gasteiger partial charge < -0.3 is 15.4 Å². The second-order valence-electron chi connectivity index (χ2n) is 5.16. The number of ether oxygens (including phenoxy) is 1. The molecule has 0 bridgehead atoms. The Morgan fingerprint density at radius 1 is 1.29 bits per heavy atom. The highest BCUT2D eigenvalue weighted by Crippen LogP contribution is 2.05. The van der Waals surface area contributed by atoms with Gasteiger partial charge in [0.25, 0.3) is 0 Å². The van der Waals surface area contributed by atoms with Crippen LogP contribution in [0.3, 0.4) is 0 Å². The first-order chi connectivity index (χ1) is 11.7. The number of aromatic nitrogens is 2. The lowest BCUT2D eigenvalue weighted by molar-refractivity contribution is 0.0600. The molecule has 0 aliphatic heterocycles. The number of carbonyl (C=O) groups is 1. The van der Waals surface area contributed by atoms with E-state index in [1.165, 1.54) is 7.11 Å². The van der Waals surface area contributed by atoms with Crippen molar-refractivity contribution in [2.45, 2.75) is 19.5 Å². The molecule has 0 atom stereocenters. The third-order valence-electron chi connectivity index (χ3n) is 3.47. The predicted molar refractivity (Wildman–Crippen MR) is 92.8 cm³/mol. The van der Waals surface area contributed by atoms with Crippen molar-refractivity contribution in [1.29, 1.82) is 0 Å². The van der Waals surface area contributed by atoms with E-state index in [1.54, 1.807) is 25.4 Å². The van der Waals surface area contributed by atoms with Gasteiger partial charge in [-0.3, -0.25) is 9.67 Å². The molecule has 7 nitrogen and oxygen atoms in total. The molecule has 2 aromatic rings. The maximum absolute atomic E-state index is 11.4. The van der Waals surface area contributed by atoms with E-state index in [0.717, 1.165) is 31.0 Å². The van der Waals surface area contributed by atoms with E-state index in [0.29, 0.717) is 12.1 Å². The number of guanidine groups is 1. The number of hydrogen-bond acceptors (Lipinski definition) is 4. The van der Waals surface area contributed by atoms with Crippen LogP contribution in [0.15, 0.2) is 47.7 Å². The first-order valence-corrected chi connectivity index (χ1v) is 7.82. The number of nitrogens with one attached hydrogen (secondary N) is 2. The van der Waals surface area contributed by atoms with E-state index in [1.807, 2.05) is 29.1 Å². The summed E-state index contributed by atoms with van der Waals surface area (Å²) in [5.74, 6) is 0.414. The first kappa shape index (κ1) is 17.5. The molecule has 1 aromatic heterocycles. The molecule has 7 heteroatoms. The number of esters is 1. The minimum absolute atomic E-state index is 0.329. The normalized spacial score (nSPS) is 11.2. The number of methoxy groups -OCH3 is 1.